The van der Waals surface area contributed by atoms with Gasteiger partial charge in [-0.3, -0.25) is 4.79 Å². The Morgan fingerprint density at radius 3 is 1.42 bits per heavy atom. The smallest absolute Gasteiger partial charge is 0.138 e. The van der Waals surface area contributed by atoms with Gasteiger partial charge in [0.15, 0.2) is 0 Å². The van der Waals surface area contributed by atoms with Gasteiger partial charge < -0.3 is 4.74 Å². The van der Waals surface area contributed by atoms with Crippen molar-refractivity contribution in [3.63, 3.8) is 0 Å². The van der Waals surface area contributed by atoms with Gasteiger partial charge in [-0.15, -0.1) is 0 Å². The summed E-state index contributed by atoms with van der Waals surface area (Å²) in [5.74, 6) is 1.50. The van der Waals surface area contributed by atoms with E-state index in [1.54, 1.807) is 0 Å². The summed E-state index contributed by atoms with van der Waals surface area (Å²) in [4.78, 5) is 11.3. The van der Waals surface area contributed by atoms with Crippen molar-refractivity contribution in [2.45, 2.75) is 81.3 Å². The molecule has 2 heteroatoms. The lowest BCUT2D eigenvalue weighted by Gasteiger charge is -2.20. The Morgan fingerprint density at radius 2 is 1.32 bits per heavy atom. The third-order valence-corrected chi connectivity index (χ3v) is 2.28. The zero-order chi connectivity index (χ0) is 15.9. The SMILES string of the molecule is CC(C)CC(=O)C(C)(C)C.CC(C)COC(C)(C)C. The average Bonchev–Trinajstić information content (AvgIpc) is 2.12. The molecule has 0 N–H and O–H groups in total. The van der Waals surface area contributed by atoms with Crippen molar-refractivity contribution in [3.05, 3.63) is 0 Å². The molecule has 0 spiro atoms. The second-order valence-corrected chi connectivity index (χ2v) is 8.09. The summed E-state index contributed by atoms with van der Waals surface area (Å²) >= 11 is 0. The first kappa shape index (κ1) is 20.9. The number of hydrogen-bond donors (Lipinski definition) is 0. The number of ketones is 1. The van der Waals surface area contributed by atoms with Crippen LogP contribution in [0, 0.1) is 17.3 Å². The first-order valence-corrected chi connectivity index (χ1v) is 7.43. The van der Waals surface area contributed by atoms with E-state index in [0.717, 1.165) is 6.61 Å². The summed E-state index contributed by atoms with van der Waals surface area (Å²) in [5, 5.41) is 0. The van der Waals surface area contributed by atoms with Crippen molar-refractivity contribution in [1.82, 2.24) is 0 Å². The number of ether oxygens (including phenoxy) is 1. The average molecular weight is 272 g/mol. The Bertz CT molecular complexity index is 239. The van der Waals surface area contributed by atoms with E-state index in [4.69, 9.17) is 4.74 Å². The van der Waals surface area contributed by atoms with Crippen molar-refractivity contribution in [2.24, 2.45) is 17.3 Å². The molecule has 0 fully saturated rings. The van der Waals surface area contributed by atoms with Gasteiger partial charge in [0.05, 0.1) is 5.60 Å². The van der Waals surface area contributed by atoms with Crippen molar-refractivity contribution in [2.75, 3.05) is 6.61 Å². The Kier molecular flexibility index (Phi) is 9.62. The molecule has 0 atom stereocenters. The maximum atomic E-state index is 11.3. The normalized spacial score (nSPS) is 12.4. The summed E-state index contributed by atoms with van der Waals surface area (Å²) in [6.07, 6.45) is 0.712. The van der Waals surface area contributed by atoms with E-state index in [1.807, 2.05) is 20.8 Å². The van der Waals surface area contributed by atoms with Crippen LogP contribution in [0.25, 0.3) is 0 Å². The van der Waals surface area contributed by atoms with Gasteiger partial charge in [0.1, 0.15) is 5.78 Å². The lowest BCUT2D eigenvalue weighted by atomic mass is 9.86. The molecule has 0 aliphatic carbocycles. The van der Waals surface area contributed by atoms with Crippen LogP contribution in [0.1, 0.15) is 75.7 Å². The Morgan fingerprint density at radius 1 is 0.895 bits per heavy atom. The quantitative estimate of drug-likeness (QED) is 0.711. The van der Waals surface area contributed by atoms with Crippen molar-refractivity contribution in [1.29, 1.82) is 0 Å². The summed E-state index contributed by atoms with van der Waals surface area (Å²) in [5.41, 5.74) is -0.117. The van der Waals surface area contributed by atoms with Crippen LogP contribution < -0.4 is 0 Å². The van der Waals surface area contributed by atoms with Crippen LogP contribution in [0.15, 0.2) is 0 Å². The predicted octanol–water partition coefficient (Wildman–Crippen LogP) is 5.11. The zero-order valence-electron chi connectivity index (χ0n) is 14.9. The van der Waals surface area contributed by atoms with Crippen LogP contribution in [-0.4, -0.2) is 18.0 Å². The van der Waals surface area contributed by atoms with E-state index < -0.39 is 0 Å². The fourth-order valence-corrected chi connectivity index (χ4v) is 1.09. The highest BCUT2D eigenvalue weighted by molar-refractivity contribution is 5.83. The molecule has 0 amide bonds. The lowest BCUT2D eigenvalue weighted by Crippen LogP contribution is -2.21. The highest BCUT2D eigenvalue weighted by Crippen LogP contribution is 2.19. The van der Waals surface area contributed by atoms with E-state index in [1.165, 1.54) is 0 Å². The van der Waals surface area contributed by atoms with Crippen LogP contribution in [0.4, 0.5) is 0 Å². The second kappa shape index (κ2) is 8.73. The van der Waals surface area contributed by atoms with Crippen LogP contribution >= 0.6 is 0 Å². The van der Waals surface area contributed by atoms with Gasteiger partial charge in [-0.2, -0.15) is 0 Å². The number of Topliss-reactive ketones (excluding diaryl/α,β-unsaturated/α-hetero) is 1. The van der Waals surface area contributed by atoms with E-state index in [-0.39, 0.29) is 11.0 Å². The molecule has 2 nitrogen and oxygen atoms in total. The minimum Gasteiger partial charge on any atom is -0.376 e. The van der Waals surface area contributed by atoms with E-state index >= 15 is 0 Å². The standard InChI is InChI=1S/C9H18O.C8H18O/c1-7(2)6-8(10)9(3,4)5;1-7(2)6-9-8(3,4)5/h7H,6H2,1-5H3;7H,6H2,1-5H3. The number of hydrogen-bond acceptors (Lipinski definition) is 2. The monoisotopic (exact) mass is 272 g/mol. The predicted molar refractivity (Wildman–Crippen MR) is 84.5 cm³/mol. The minimum atomic E-state index is -0.149. The molecule has 0 aromatic carbocycles. The summed E-state index contributed by atoms with van der Waals surface area (Å²) in [6, 6.07) is 0. The largest absolute Gasteiger partial charge is 0.376 e. The molecule has 0 aliphatic heterocycles. The number of carbonyl (C=O) groups is 1. The first-order chi connectivity index (χ1) is 8.25. The molecule has 0 bridgehead atoms. The second-order valence-electron chi connectivity index (χ2n) is 8.09. The third-order valence-electron chi connectivity index (χ3n) is 2.28. The molecule has 19 heavy (non-hydrogen) atoms. The van der Waals surface area contributed by atoms with Crippen molar-refractivity contribution >= 4 is 5.78 Å². The molecule has 0 saturated heterocycles. The van der Waals surface area contributed by atoms with Crippen molar-refractivity contribution < 1.29 is 9.53 Å². The number of rotatable bonds is 4. The fourth-order valence-electron chi connectivity index (χ4n) is 1.09. The zero-order valence-corrected chi connectivity index (χ0v) is 14.9. The van der Waals surface area contributed by atoms with Gasteiger partial charge in [-0.1, -0.05) is 48.5 Å². The molecule has 0 saturated carbocycles. The molecule has 0 aromatic rings. The van der Waals surface area contributed by atoms with Crippen LogP contribution in [0.2, 0.25) is 0 Å². The molecule has 0 unspecified atom stereocenters. The van der Waals surface area contributed by atoms with Gasteiger partial charge >= 0.3 is 0 Å². The lowest BCUT2D eigenvalue weighted by molar-refractivity contribution is -0.127. The number of carbonyl (C=O) groups excluding carboxylic acids is 1. The van der Waals surface area contributed by atoms with Crippen molar-refractivity contribution in [3.8, 4) is 0 Å². The molecule has 0 aliphatic rings. The third kappa shape index (κ3) is 17.6. The van der Waals surface area contributed by atoms with E-state index in [0.29, 0.717) is 24.0 Å². The highest BCUT2D eigenvalue weighted by atomic mass is 16.5. The maximum absolute atomic E-state index is 11.3. The molecule has 0 heterocycles. The van der Waals surface area contributed by atoms with Gasteiger partial charge in [-0.05, 0) is 32.6 Å². The highest BCUT2D eigenvalue weighted by Gasteiger charge is 2.21. The van der Waals surface area contributed by atoms with E-state index in [9.17, 15) is 4.79 Å². The molecular formula is C17H36O2. The Labute approximate surface area is 121 Å². The van der Waals surface area contributed by atoms with Crippen LogP contribution in [0.5, 0.6) is 0 Å². The van der Waals surface area contributed by atoms with Gasteiger partial charge in [0.25, 0.3) is 0 Å². The molecule has 0 radical (unpaired) electrons. The summed E-state index contributed by atoms with van der Waals surface area (Å²) in [6.45, 7) is 21.5. The molecule has 0 aromatic heterocycles. The summed E-state index contributed by atoms with van der Waals surface area (Å²) < 4.78 is 5.49. The Hall–Kier alpha value is -0.370. The fraction of sp³-hybridized carbons (Fsp3) is 0.941. The topological polar surface area (TPSA) is 26.3 Å². The maximum Gasteiger partial charge on any atom is 0.138 e. The van der Waals surface area contributed by atoms with E-state index in [2.05, 4.69) is 48.5 Å². The van der Waals surface area contributed by atoms with Crippen LogP contribution in [-0.2, 0) is 9.53 Å². The van der Waals surface area contributed by atoms with Gasteiger partial charge in [0, 0.05) is 18.4 Å². The van der Waals surface area contributed by atoms with Gasteiger partial charge in [-0.25, -0.2) is 0 Å². The Balaban J connectivity index is 0. The molecular weight excluding hydrogens is 236 g/mol. The van der Waals surface area contributed by atoms with Gasteiger partial charge in [0.2, 0.25) is 0 Å². The summed E-state index contributed by atoms with van der Waals surface area (Å²) in [7, 11) is 0. The first-order valence-electron chi connectivity index (χ1n) is 7.43. The van der Waals surface area contributed by atoms with Crippen LogP contribution in [0.3, 0.4) is 0 Å². The molecule has 116 valence electrons. The molecule has 0 rings (SSSR count). The minimum absolute atomic E-state index is 0.0320.